The maximum absolute atomic E-state index is 5.91. The van der Waals surface area contributed by atoms with Crippen molar-refractivity contribution in [3.8, 4) is 11.5 Å². The van der Waals surface area contributed by atoms with Crippen LogP contribution in [0.15, 0.2) is 36.5 Å². The third-order valence-electron chi connectivity index (χ3n) is 5.46. The second kappa shape index (κ2) is 11.1. The summed E-state index contributed by atoms with van der Waals surface area (Å²) in [6.45, 7) is 8.48. The number of anilines is 1. The van der Waals surface area contributed by atoms with Crippen LogP contribution < -0.4 is 14.8 Å². The lowest BCUT2D eigenvalue weighted by atomic mass is 9.81. The molecule has 0 radical (unpaired) electrons. The van der Waals surface area contributed by atoms with Gasteiger partial charge in [0.1, 0.15) is 11.4 Å². The molecule has 3 rings (SSSR count). The van der Waals surface area contributed by atoms with Crippen molar-refractivity contribution in [2.24, 2.45) is 0 Å². The second-order valence-corrected chi connectivity index (χ2v) is 7.40. The summed E-state index contributed by atoms with van der Waals surface area (Å²) in [4.78, 5) is 4.46. The minimum atomic E-state index is 0.454. The summed E-state index contributed by atoms with van der Waals surface area (Å²) < 4.78 is 17.0. The molecule has 1 aliphatic carbocycles. The molecule has 1 fully saturated rings. The molecule has 0 unspecified atom stereocenters. The molecule has 5 nitrogen and oxygen atoms in total. The molecule has 1 aromatic carbocycles. The first-order chi connectivity index (χ1) is 14.2. The molecule has 0 amide bonds. The van der Waals surface area contributed by atoms with E-state index < -0.39 is 0 Å². The Labute approximate surface area is 174 Å². The third kappa shape index (κ3) is 5.86. The van der Waals surface area contributed by atoms with Crippen LogP contribution in [0.1, 0.15) is 63.6 Å². The van der Waals surface area contributed by atoms with E-state index >= 15 is 0 Å². The van der Waals surface area contributed by atoms with Gasteiger partial charge in [0.2, 0.25) is 0 Å². The van der Waals surface area contributed by atoms with E-state index in [2.05, 4.69) is 34.6 Å². The fourth-order valence-electron chi connectivity index (χ4n) is 4.01. The number of rotatable bonds is 10. The fourth-order valence-corrected chi connectivity index (χ4v) is 4.01. The average molecular weight is 399 g/mol. The Balaban J connectivity index is 1.60. The molecule has 5 heteroatoms. The van der Waals surface area contributed by atoms with Crippen molar-refractivity contribution in [1.82, 2.24) is 4.98 Å². The van der Waals surface area contributed by atoms with Gasteiger partial charge in [-0.3, -0.25) is 4.98 Å². The average Bonchev–Trinajstić information content (AvgIpc) is 2.75. The van der Waals surface area contributed by atoms with Crippen LogP contribution in [0, 0.1) is 0 Å². The first-order valence-electron chi connectivity index (χ1n) is 10.9. The van der Waals surface area contributed by atoms with Crippen LogP contribution in [0.25, 0.3) is 0 Å². The standard InChI is InChI=1S/C24H34N2O3/c1-4-27-17-23-24(29-6-3)22(15-16-25-23)26-20-11-7-18(8-12-20)19-9-13-21(14-10-19)28-5-2/h9-10,13-16,18,20H,4-8,11-12,17H2,1-3H3,(H,25,26). The summed E-state index contributed by atoms with van der Waals surface area (Å²) >= 11 is 0. The van der Waals surface area contributed by atoms with Gasteiger partial charge in [-0.05, 0) is 76.1 Å². The molecule has 1 saturated carbocycles. The maximum atomic E-state index is 5.91. The van der Waals surface area contributed by atoms with E-state index in [9.17, 15) is 0 Å². The van der Waals surface area contributed by atoms with E-state index in [1.165, 1.54) is 18.4 Å². The van der Waals surface area contributed by atoms with Gasteiger partial charge in [0.15, 0.2) is 5.75 Å². The van der Waals surface area contributed by atoms with Crippen molar-refractivity contribution >= 4 is 5.69 Å². The maximum Gasteiger partial charge on any atom is 0.166 e. The quantitative estimate of drug-likeness (QED) is 0.568. The molecule has 0 aliphatic heterocycles. The van der Waals surface area contributed by atoms with Gasteiger partial charge in [0, 0.05) is 18.8 Å². The highest BCUT2D eigenvalue weighted by atomic mass is 16.5. The molecule has 0 bridgehead atoms. The SMILES string of the molecule is CCOCc1nccc(NC2CCC(c3ccc(OCC)cc3)CC2)c1OCC. The summed E-state index contributed by atoms with van der Waals surface area (Å²) in [6, 6.07) is 11.1. The smallest absolute Gasteiger partial charge is 0.166 e. The molecule has 158 valence electrons. The Morgan fingerprint density at radius 3 is 2.28 bits per heavy atom. The molecule has 0 saturated heterocycles. The molecule has 1 N–H and O–H groups in total. The van der Waals surface area contributed by atoms with E-state index in [0.717, 1.165) is 35.7 Å². The van der Waals surface area contributed by atoms with Gasteiger partial charge < -0.3 is 19.5 Å². The summed E-state index contributed by atoms with van der Waals surface area (Å²) in [5.41, 5.74) is 3.31. The fraction of sp³-hybridized carbons (Fsp3) is 0.542. The second-order valence-electron chi connectivity index (χ2n) is 7.40. The van der Waals surface area contributed by atoms with Crippen LogP contribution in [-0.4, -0.2) is 30.8 Å². The van der Waals surface area contributed by atoms with E-state index in [1.807, 2.05) is 33.0 Å². The highest BCUT2D eigenvalue weighted by molar-refractivity contribution is 5.58. The lowest BCUT2D eigenvalue weighted by molar-refractivity contribution is 0.128. The van der Waals surface area contributed by atoms with Crippen molar-refractivity contribution < 1.29 is 14.2 Å². The number of nitrogens with one attached hydrogen (secondary N) is 1. The predicted molar refractivity (Wildman–Crippen MR) is 117 cm³/mol. The van der Waals surface area contributed by atoms with Crippen molar-refractivity contribution in [2.45, 2.75) is 65.0 Å². The molecular weight excluding hydrogens is 364 g/mol. The summed E-state index contributed by atoms with van der Waals surface area (Å²) in [5.74, 6) is 2.41. The molecule has 1 aliphatic rings. The van der Waals surface area contributed by atoms with Gasteiger partial charge in [-0.25, -0.2) is 0 Å². The van der Waals surface area contributed by atoms with Crippen molar-refractivity contribution in [3.63, 3.8) is 0 Å². The number of hydrogen-bond acceptors (Lipinski definition) is 5. The van der Waals surface area contributed by atoms with Gasteiger partial charge in [-0.1, -0.05) is 12.1 Å². The molecule has 0 atom stereocenters. The van der Waals surface area contributed by atoms with Crippen LogP contribution in [0.5, 0.6) is 11.5 Å². The van der Waals surface area contributed by atoms with Gasteiger partial charge >= 0.3 is 0 Å². The summed E-state index contributed by atoms with van der Waals surface area (Å²) in [7, 11) is 0. The number of aromatic nitrogens is 1. The summed E-state index contributed by atoms with van der Waals surface area (Å²) in [6.07, 6.45) is 6.50. The molecule has 1 aromatic heterocycles. The largest absolute Gasteiger partial charge is 0.494 e. The monoisotopic (exact) mass is 398 g/mol. The van der Waals surface area contributed by atoms with Crippen LogP contribution in [0.4, 0.5) is 5.69 Å². The Bertz CT molecular complexity index is 740. The minimum absolute atomic E-state index is 0.454. The van der Waals surface area contributed by atoms with Crippen LogP contribution in [-0.2, 0) is 11.3 Å². The zero-order valence-corrected chi connectivity index (χ0v) is 17.9. The zero-order valence-electron chi connectivity index (χ0n) is 17.9. The first kappa shape index (κ1) is 21.4. The topological polar surface area (TPSA) is 52.6 Å². The van der Waals surface area contributed by atoms with Crippen LogP contribution in [0.3, 0.4) is 0 Å². The van der Waals surface area contributed by atoms with Gasteiger partial charge in [-0.15, -0.1) is 0 Å². The van der Waals surface area contributed by atoms with E-state index in [1.54, 1.807) is 0 Å². The molecule has 1 heterocycles. The lowest BCUT2D eigenvalue weighted by Crippen LogP contribution is -2.26. The highest BCUT2D eigenvalue weighted by Gasteiger charge is 2.23. The zero-order chi connectivity index (χ0) is 20.5. The van der Waals surface area contributed by atoms with Gasteiger partial charge in [-0.2, -0.15) is 0 Å². The number of hydrogen-bond donors (Lipinski definition) is 1. The van der Waals surface area contributed by atoms with Gasteiger partial charge in [0.05, 0.1) is 25.5 Å². The summed E-state index contributed by atoms with van der Waals surface area (Å²) in [5, 5.41) is 3.71. The van der Waals surface area contributed by atoms with Crippen molar-refractivity contribution in [1.29, 1.82) is 0 Å². The molecule has 29 heavy (non-hydrogen) atoms. The van der Waals surface area contributed by atoms with Crippen LogP contribution >= 0.6 is 0 Å². The number of nitrogens with zero attached hydrogens (tertiary/aromatic N) is 1. The van der Waals surface area contributed by atoms with E-state index in [-0.39, 0.29) is 0 Å². The number of pyridine rings is 1. The molecule has 0 spiro atoms. The Morgan fingerprint density at radius 1 is 0.897 bits per heavy atom. The van der Waals surface area contributed by atoms with Crippen molar-refractivity contribution in [2.75, 3.05) is 25.1 Å². The number of benzene rings is 1. The van der Waals surface area contributed by atoms with E-state index in [4.69, 9.17) is 14.2 Å². The normalized spacial score (nSPS) is 19.0. The lowest BCUT2D eigenvalue weighted by Gasteiger charge is -2.30. The van der Waals surface area contributed by atoms with Crippen molar-refractivity contribution in [3.05, 3.63) is 47.8 Å². The minimum Gasteiger partial charge on any atom is -0.494 e. The molecule has 2 aromatic rings. The highest BCUT2D eigenvalue weighted by Crippen LogP contribution is 2.36. The Morgan fingerprint density at radius 2 is 1.62 bits per heavy atom. The third-order valence-corrected chi connectivity index (χ3v) is 5.46. The Hall–Kier alpha value is -2.27. The molecular formula is C24H34N2O3. The number of ether oxygens (including phenoxy) is 3. The van der Waals surface area contributed by atoms with E-state index in [0.29, 0.717) is 38.4 Å². The van der Waals surface area contributed by atoms with Crippen LogP contribution in [0.2, 0.25) is 0 Å². The van der Waals surface area contributed by atoms with Gasteiger partial charge in [0.25, 0.3) is 0 Å². The Kier molecular flexibility index (Phi) is 8.17. The first-order valence-corrected chi connectivity index (χ1v) is 10.9. The predicted octanol–water partition coefficient (Wildman–Crippen LogP) is 5.55.